The molecule has 0 N–H and O–H groups in total. The molecular formula is C25H22N2O4. The van der Waals surface area contributed by atoms with Crippen molar-refractivity contribution in [2.45, 2.75) is 12.5 Å². The van der Waals surface area contributed by atoms with Gasteiger partial charge in [-0.3, -0.25) is 4.79 Å². The number of nitriles is 1. The molecule has 0 aliphatic carbocycles. The molecule has 1 atom stereocenters. The zero-order valence-electron chi connectivity index (χ0n) is 17.6. The smallest absolute Gasteiger partial charge is 0.232 e. The molecule has 1 aliphatic rings. The van der Waals surface area contributed by atoms with Gasteiger partial charge in [-0.2, -0.15) is 5.26 Å². The number of amides is 1. The number of hydrogen-bond donors (Lipinski definition) is 0. The van der Waals surface area contributed by atoms with Crippen LogP contribution in [0.15, 0.2) is 60.7 Å². The lowest BCUT2D eigenvalue weighted by Crippen LogP contribution is -2.41. The van der Waals surface area contributed by atoms with Gasteiger partial charge in [0.05, 0.1) is 45.4 Å². The molecule has 3 aromatic carbocycles. The Bertz CT molecular complexity index is 1170. The van der Waals surface area contributed by atoms with Gasteiger partial charge in [-0.1, -0.05) is 18.2 Å². The van der Waals surface area contributed by atoms with E-state index in [1.807, 2.05) is 42.5 Å². The zero-order chi connectivity index (χ0) is 22.0. The molecule has 1 heterocycles. The van der Waals surface area contributed by atoms with Gasteiger partial charge in [-0.15, -0.1) is 0 Å². The van der Waals surface area contributed by atoms with Gasteiger partial charge in [0.1, 0.15) is 5.75 Å². The standard InChI is InChI=1S/C25H22N2O4/c1-29-20-9-7-17(8-10-20)25-21-14-23(31-3)22(30-2)12-18(21)13-24(28)27(25)19-6-4-5-16(11-19)15-26/h4-12,14,25H,13H2,1-3H3. The third-order valence-electron chi connectivity index (χ3n) is 5.49. The summed E-state index contributed by atoms with van der Waals surface area (Å²) in [5.74, 6) is 1.86. The van der Waals surface area contributed by atoms with Crippen molar-refractivity contribution in [1.29, 1.82) is 5.26 Å². The van der Waals surface area contributed by atoms with Crippen LogP contribution >= 0.6 is 0 Å². The highest BCUT2D eigenvalue weighted by Crippen LogP contribution is 2.43. The van der Waals surface area contributed by atoms with Gasteiger partial charge in [0.2, 0.25) is 5.91 Å². The van der Waals surface area contributed by atoms with E-state index in [9.17, 15) is 10.1 Å². The van der Waals surface area contributed by atoms with E-state index in [-0.39, 0.29) is 12.3 Å². The van der Waals surface area contributed by atoms with Crippen molar-refractivity contribution in [3.8, 4) is 23.3 Å². The molecule has 0 spiro atoms. The van der Waals surface area contributed by atoms with Crippen molar-refractivity contribution in [2.24, 2.45) is 0 Å². The molecule has 156 valence electrons. The number of rotatable bonds is 5. The number of hydrogen-bond acceptors (Lipinski definition) is 5. The van der Waals surface area contributed by atoms with E-state index in [0.717, 1.165) is 22.4 Å². The maximum atomic E-state index is 13.4. The van der Waals surface area contributed by atoms with Crippen LogP contribution in [0, 0.1) is 11.3 Å². The van der Waals surface area contributed by atoms with E-state index < -0.39 is 6.04 Å². The molecule has 0 saturated carbocycles. The summed E-state index contributed by atoms with van der Waals surface area (Å²) in [6, 6.07) is 20.3. The monoisotopic (exact) mass is 414 g/mol. The van der Waals surface area contributed by atoms with Crippen LogP contribution in [0.25, 0.3) is 0 Å². The van der Waals surface area contributed by atoms with Gasteiger partial charge in [-0.25, -0.2) is 0 Å². The van der Waals surface area contributed by atoms with Crippen molar-refractivity contribution in [3.63, 3.8) is 0 Å². The number of carbonyl (C=O) groups is 1. The van der Waals surface area contributed by atoms with Crippen molar-refractivity contribution in [1.82, 2.24) is 0 Å². The van der Waals surface area contributed by atoms with E-state index in [2.05, 4.69) is 6.07 Å². The molecular weight excluding hydrogens is 392 g/mol. The summed E-state index contributed by atoms with van der Waals surface area (Å²) >= 11 is 0. The number of nitrogens with zero attached hydrogens (tertiary/aromatic N) is 2. The number of carbonyl (C=O) groups excluding carboxylic acids is 1. The van der Waals surface area contributed by atoms with Crippen LogP contribution in [0.2, 0.25) is 0 Å². The van der Waals surface area contributed by atoms with E-state index in [1.165, 1.54) is 0 Å². The maximum Gasteiger partial charge on any atom is 0.232 e. The lowest BCUT2D eigenvalue weighted by Gasteiger charge is -2.38. The molecule has 0 aromatic heterocycles. The molecule has 0 fully saturated rings. The lowest BCUT2D eigenvalue weighted by molar-refractivity contribution is -0.118. The van der Waals surface area contributed by atoms with Crippen LogP contribution in [0.1, 0.15) is 28.3 Å². The summed E-state index contributed by atoms with van der Waals surface area (Å²) in [5.41, 5.74) is 3.92. The largest absolute Gasteiger partial charge is 0.497 e. The van der Waals surface area contributed by atoms with E-state index in [4.69, 9.17) is 14.2 Å². The van der Waals surface area contributed by atoms with E-state index in [0.29, 0.717) is 22.7 Å². The number of ether oxygens (including phenoxy) is 3. The van der Waals surface area contributed by atoms with Crippen molar-refractivity contribution in [3.05, 3.63) is 82.9 Å². The average molecular weight is 414 g/mol. The van der Waals surface area contributed by atoms with E-state index in [1.54, 1.807) is 44.4 Å². The number of fused-ring (bicyclic) bond motifs is 1. The molecule has 0 saturated heterocycles. The van der Waals surface area contributed by atoms with Crippen molar-refractivity contribution < 1.29 is 19.0 Å². The molecule has 0 radical (unpaired) electrons. The van der Waals surface area contributed by atoms with Gasteiger partial charge >= 0.3 is 0 Å². The summed E-state index contributed by atoms with van der Waals surface area (Å²) < 4.78 is 16.3. The lowest BCUT2D eigenvalue weighted by atomic mass is 9.86. The Morgan fingerprint density at radius 1 is 0.935 bits per heavy atom. The Morgan fingerprint density at radius 3 is 2.29 bits per heavy atom. The Hall–Kier alpha value is -3.98. The average Bonchev–Trinajstić information content (AvgIpc) is 2.82. The fourth-order valence-corrected chi connectivity index (χ4v) is 4.01. The molecule has 31 heavy (non-hydrogen) atoms. The predicted molar refractivity (Wildman–Crippen MR) is 117 cm³/mol. The van der Waals surface area contributed by atoms with Gasteiger partial charge in [0.15, 0.2) is 11.5 Å². The first kappa shape index (κ1) is 20.3. The zero-order valence-corrected chi connectivity index (χ0v) is 17.6. The van der Waals surface area contributed by atoms with Crippen LogP contribution in [-0.2, 0) is 11.2 Å². The summed E-state index contributed by atoms with van der Waals surface area (Å²) in [6.07, 6.45) is 0.221. The molecule has 3 aromatic rings. The van der Waals surface area contributed by atoms with Crippen LogP contribution in [0.4, 0.5) is 5.69 Å². The van der Waals surface area contributed by atoms with Crippen LogP contribution in [-0.4, -0.2) is 27.2 Å². The van der Waals surface area contributed by atoms with Gasteiger partial charge in [0, 0.05) is 5.69 Å². The Kier molecular flexibility index (Phi) is 5.50. The quantitative estimate of drug-likeness (QED) is 0.624. The van der Waals surface area contributed by atoms with Crippen molar-refractivity contribution >= 4 is 11.6 Å². The first-order valence-corrected chi connectivity index (χ1v) is 9.80. The molecule has 4 rings (SSSR count). The second-order valence-electron chi connectivity index (χ2n) is 7.18. The number of benzene rings is 3. The number of anilines is 1. The highest BCUT2D eigenvalue weighted by Gasteiger charge is 2.36. The summed E-state index contributed by atoms with van der Waals surface area (Å²) in [4.78, 5) is 15.1. The Labute approximate surface area is 181 Å². The molecule has 6 heteroatoms. The fraction of sp³-hybridized carbons (Fsp3) is 0.200. The molecule has 1 aliphatic heterocycles. The van der Waals surface area contributed by atoms with Crippen LogP contribution in [0.5, 0.6) is 17.2 Å². The highest BCUT2D eigenvalue weighted by atomic mass is 16.5. The van der Waals surface area contributed by atoms with Gasteiger partial charge < -0.3 is 19.1 Å². The normalized spacial score (nSPS) is 15.1. The minimum atomic E-state index is -0.393. The third kappa shape index (κ3) is 3.66. The van der Waals surface area contributed by atoms with Crippen LogP contribution < -0.4 is 19.1 Å². The first-order chi connectivity index (χ1) is 15.1. The first-order valence-electron chi connectivity index (χ1n) is 9.80. The van der Waals surface area contributed by atoms with E-state index >= 15 is 0 Å². The number of methoxy groups -OCH3 is 3. The summed E-state index contributed by atoms with van der Waals surface area (Å²) in [6.45, 7) is 0. The Balaban J connectivity index is 1.94. The second kappa shape index (κ2) is 8.41. The third-order valence-corrected chi connectivity index (χ3v) is 5.49. The topological polar surface area (TPSA) is 71.8 Å². The van der Waals surface area contributed by atoms with Gasteiger partial charge in [-0.05, 0) is 59.2 Å². The molecule has 6 nitrogen and oxygen atoms in total. The van der Waals surface area contributed by atoms with Gasteiger partial charge in [0.25, 0.3) is 0 Å². The molecule has 0 bridgehead atoms. The Morgan fingerprint density at radius 2 is 1.65 bits per heavy atom. The predicted octanol–water partition coefficient (Wildman–Crippen LogP) is 4.26. The second-order valence-corrected chi connectivity index (χ2v) is 7.18. The van der Waals surface area contributed by atoms with Crippen LogP contribution in [0.3, 0.4) is 0 Å². The minimum absolute atomic E-state index is 0.0596. The maximum absolute atomic E-state index is 13.4. The fourth-order valence-electron chi connectivity index (χ4n) is 4.01. The van der Waals surface area contributed by atoms with Crippen molar-refractivity contribution in [2.75, 3.05) is 26.2 Å². The minimum Gasteiger partial charge on any atom is -0.497 e. The summed E-state index contributed by atoms with van der Waals surface area (Å²) in [5, 5.41) is 9.35. The molecule has 1 amide bonds. The molecule has 1 unspecified atom stereocenters. The SMILES string of the molecule is COc1ccc(C2c3cc(OC)c(OC)cc3CC(=O)N2c2cccc(C#N)c2)cc1. The highest BCUT2D eigenvalue weighted by molar-refractivity contribution is 5.98. The summed E-state index contributed by atoms with van der Waals surface area (Å²) in [7, 11) is 4.79.